The van der Waals surface area contributed by atoms with Gasteiger partial charge in [0.1, 0.15) is 0 Å². The SMILES string of the molecule is Cc1nc(N)nc(C)c1CC(=O)N1C[C@@H]2CC[C@H]1CN(C1CCOCC1)C2. The van der Waals surface area contributed by atoms with E-state index in [0.717, 1.165) is 69.1 Å². The molecule has 7 heteroatoms. The van der Waals surface area contributed by atoms with Gasteiger partial charge in [0.05, 0.1) is 6.42 Å². The van der Waals surface area contributed by atoms with E-state index in [4.69, 9.17) is 10.5 Å². The molecular formula is C20H31N5O2. The Morgan fingerprint density at radius 1 is 1.04 bits per heavy atom. The van der Waals surface area contributed by atoms with Gasteiger partial charge in [-0.3, -0.25) is 9.69 Å². The van der Waals surface area contributed by atoms with E-state index in [1.165, 1.54) is 6.42 Å². The van der Waals surface area contributed by atoms with E-state index in [1.807, 2.05) is 13.8 Å². The van der Waals surface area contributed by atoms with Gasteiger partial charge < -0.3 is 15.4 Å². The van der Waals surface area contributed by atoms with Crippen molar-refractivity contribution in [3.8, 4) is 0 Å². The van der Waals surface area contributed by atoms with Crippen molar-refractivity contribution in [2.45, 2.75) is 58.0 Å². The first kappa shape index (κ1) is 18.6. The van der Waals surface area contributed by atoms with E-state index in [2.05, 4.69) is 19.8 Å². The number of nitrogens with zero attached hydrogens (tertiary/aromatic N) is 4. The quantitative estimate of drug-likeness (QED) is 0.860. The van der Waals surface area contributed by atoms with E-state index >= 15 is 0 Å². The Bertz CT molecular complexity index is 681. The molecule has 1 aromatic rings. The van der Waals surface area contributed by atoms with Gasteiger partial charge in [0.25, 0.3) is 0 Å². The molecule has 2 N–H and O–H groups in total. The number of aromatic nitrogens is 2. The highest BCUT2D eigenvalue weighted by molar-refractivity contribution is 5.80. The number of hydrogen-bond donors (Lipinski definition) is 1. The largest absolute Gasteiger partial charge is 0.381 e. The Balaban J connectivity index is 1.47. The number of fused-ring (bicyclic) bond motifs is 4. The van der Waals surface area contributed by atoms with Crippen molar-refractivity contribution in [1.29, 1.82) is 0 Å². The average molecular weight is 374 g/mol. The molecular weight excluding hydrogens is 342 g/mol. The smallest absolute Gasteiger partial charge is 0.227 e. The first-order valence-corrected chi connectivity index (χ1v) is 10.2. The van der Waals surface area contributed by atoms with Crippen LogP contribution in [0.4, 0.5) is 5.95 Å². The molecule has 0 unspecified atom stereocenters. The van der Waals surface area contributed by atoms with Crippen LogP contribution in [0.1, 0.15) is 42.6 Å². The molecule has 1 aromatic heterocycles. The van der Waals surface area contributed by atoms with Crippen molar-refractivity contribution >= 4 is 11.9 Å². The van der Waals surface area contributed by atoms with Crippen molar-refractivity contribution < 1.29 is 9.53 Å². The maximum Gasteiger partial charge on any atom is 0.227 e. The van der Waals surface area contributed by atoms with Crippen molar-refractivity contribution in [3.05, 3.63) is 17.0 Å². The van der Waals surface area contributed by atoms with Gasteiger partial charge in [-0.2, -0.15) is 0 Å². The predicted molar refractivity (Wildman–Crippen MR) is 103 cm³/mol. The van der Waals surface area contributed by atoms with Crippen LogP contribution >= 0.6 is 0 Å². The van der Waals surface area contributed by atoms with Gasteiger partial charge in [0.15, 0.2) is 0 Å². The Morgan fingerprint density at radius 2 is 1.74 bits per heavy atom. The van der Waals surface area contributed by atoms with E-state index in [9.17, 15) is 4.79 Å². The molecule has 1 amide bonds. The molecule has 4 aliphatic heterocycles. The highest BCUT2D eigenvalue weighted by Crippen LogP contribution is 2.31. The Labute approximate surface area is 161 Å². The lowest BCUT2D eigenvalue weighted by Gasteiger charge is -2.37. The van der Waals surface area contributed by atoms with Crippen molar-refractivity contribution in [2.75, 3.05) is 38.6 Å². The van der Waals surface area contributed by atoms with Crippen LogP contribution in [-0.2, 0) is 16.0 Å². The van der Waals surface area contributed by atoms with Crippen molar-refractivity contribution in [2.24, 2.45) is 5.92 Å². The second-order valence-corrected chi connectivity index (χ2v) is 8.35. The molecule has 0 aromatic carbocycles. The van der Waals surface area contributed by atoms with E-state index in [-0.39, 0.29) is 11.9 Å². The average Bonchev–Trinajstić information content (AvgIpc) is 2.97. The van der Waals surface area contributed by atoms with Crippen LogP contribution in [0.15, 0.2) is 0 Å². The number of anilines is 1. The zero-order valence-electron chi connectivity index (χ0n) is 16.5. The number of carbonyl (C=O) groups is 1. The number of ether oxygens (including phenoxy) is 1. The molecule has 148 valence electrons. The van der Waals surface area contributed by atoms with E-state index < -0.39 is 0 Å². The Hall–Kier alpha value is -1.73. The summed E-state index contributed by atoms with van der Waals surface area (Å²) in [6, 6.07) is 0.946. The summed E-state index contributed by atoms with van der Waals surface area (Å²) in [6.07, 6.45) is 4.96. The fourth-order valence-electron chi connectivity index (χ4n) is 5.05. The predicted octanol–water partition coefficient (Wildman–Crippen LogP) is 1.32. The van der Waals surface area contributed by atoms with E-state index in [1.54, 1.807) is 0 Å². The minimum Gasteiger partial charge on any atom is -0.381 e. The summed E-state index contributed by atoms with van der Waals surface area (Å²) in [5.74, 6) is 1.07. The second kappa shape index (κ2) is 7.72. The number of aryl methyl sites for hydroxylation is 2. The molecule has 5 heterocycles. The fraction of sp³-hybridized carbons (Fsp3) is 0.750. The minimum absolute atomic E-state index is 0.207. The molecule has 0 saturated carbocycles. The molecule has 0 aliphatic carbocycles. The summed E-state index contributed by atoms with van der Waals surface area (Å²) in [4.78, 5) is 26.5. The van der Waals surface area contributed by atoms with Gasteiger partial charge in [-0.1, -0.05) is 0 Å². The third kappa shape index (κ3) is 3.94. The minimum atomic E-state index is 0.207. The lowest BCUT2D eigenvalue weighted by Crippen LogP contribution is -2.49. The first-order chi connectivity index (χ1) is 13.0. The molecule has 4 fully saturated rings. The van der Waals surface area contributed by atoms with Crippen LogP contribution in [0.2, 0.25) is 0 Å². The molecule has 0 spiro atoms. The summed E-state index contributed by atoms with van der Waals surface area (Å²) in [6.45, 7) is 8.57. The molecule has 4 saturated heterocycles. The summed E-state index contributed by atoms with van der Waals surface area (Å²) in [7, 11) is 0. The summed E-state index contributed by atoms with van der Waals surface area (Å²) < 4.78 is 5.54. The molecule has 2 atom stereocenters. The Morgan fingerprint density at radius 3 is 2.44 bits per heavy atom. The molecule has 27 heavy (non-hydrogen) atoms. The molecule has 2 bridgehead atoms. The van der Waals surface area contributed by atoms with Crippen LogP contribution in [0.3, 0.4) is 0 Å². The first-order valence-electron chi connectivity index (χ1n) is 10.2. The van der Waals surface area contributed by atoms with Crippen LogP contribution in [0.25, 0.3) is 0 Å². The van der Waals surface area contributed by atoms with Crippen LogP contribution in [0, 0.1) is 19.8 Å². The zero-order valence-corrected chi connectivity index (χ0v) is 16.5. The molecule has 5 rings (SSSR count). The van der Waals surface area contributed by atoms with Gasteiger partial charge in [0, 0.05) is 61.9 Å². The summed E-state index contributed by atoms with van der Waals surface area (Å²) in [5.41, 5.74) is 8.29. The zero-order chi connectivity index (χ0) is 19.0. The molecule has 0 radical (unpaired) electrons. The van der Waals surface area contributed by atoms with Gasteiger partial charge in [0.2, 0.25) is 11.9 Å². The lowest BCUT2D eigenvalue weighted by molar-refractivity contribution is -0.134. The Kier molecular flexibility index (Phi) is 5.32. The number of amides is 1. The topological polar surface area (TPSA) is 84.6 Å². The van der Waals surface area contributed by atoms with Gasteiger partial charge >= 0.3 is 0 Å². The number of piperidine rings is 1. The molecule has 7 nitrogen and oxygen atoms in total. The number of carbonyl (C=O) groups excluding carboxylic acids is 1. The number of rotatable bonds is 3. The third-order valence-corrected chi connectivity index (χ3v) is 6.54. The summed E-state index contributed by atoms with van der Waals surface area (Å²) in [5, 5.41) is 0. The highest BCUT2D eigenvalue weighted by atomic mass is 16.5. The van der Waals surface area contributed by atoms with Crippen molar-refractivity contribution in [3.63, 3.8) is 0 Å². The maximum atomic E-state index is 13.2. The molecule has 4 aliphatic rings. The van der Waals surface area contributed by atoms with Crippen LogP contribution < -0.4 is 5.73 Å². The second-order valence-electron chi connectivity index (χ2n) is 8.35. The van der Waals surface area contributed by atoms with Crippen LogP contribution in [-0.4, -0.2) is 70.6 Å². The number of nitrogen functional groups attached to an aromatic ring is 1. The van der Waals surface area contributed by atoms with Crippen molar-refractivity contribution in [1.82, 2.24) is 19.8 Å². The number of hydrogen-bond acceptors (Lipinski definition) is 6. The van der Waals surface area contributed by atoms with E-state index in [0.29, 0.717) is 24.4 Å². The standard InChI is InChI=1S/C20H31N5O2/c1-13-18(14(2)23-20(21)22-13)9-19(26)25-11-15-3-4-17(25)12-24(10-15)16-5-7-27-8-6-16/h15-17H,3-12H2,1-2H3,(H2,21,22,23)/t15-,17+/m1/s1. The maximum absolute atomic E-state index is 13.2. The van der Waals surface area contributed by atoms with Crippen LogP contribution in [0.5, 0.6) is 0 Å². The normalized spacial score (nSPS) is 27.0. The van der Waals surface area contributed by atoms with Gasteiger partial charge in [-0.25, -0.2) is 9.97 Å². The van der Waals surface area contributed by atoms with Gasteiger partial charge in [-0.15, -0.1) is 0 Å². The third-order valence-electron chi connectivity index (χ3n) is 6.54. The summed E-state index contributed by atoms with van der Waals surface area (Å²) >= 11 is 0. The number of nitrogens with two attached hydrogens (primary N) is 1. The highest BCUT2D eigenvalue weighted by Gasteiger charge is 2.39. The fourth-order valence-corrected chi connectivity index (χ4v) is 5.05. The lowest BCUT2D eigenvalue weighted by atomic mass is 9.94. The van der Waals surface area contributed by atoms with Gasteiger partial charge in [-0.05, 0) is 45.4 Å². The monoisotopic (exact) mass is 373 g/mol.